The third-order valence-electron chi connectivity index (χ3n) is 3.90. The molecule has 1 amide bonds. The van der Waals surface area contributed by atoms with Crippen LogP contribution in [-0.4, -0.2) is 37.2 Å². The minimum absolute atomic E-state index is 0.0784. The molecule has 0 spiro atoms. The van der Waals surface area contributed by atoms with E-state index in [0.29, 0.717) is 18.6 Å². The van der Waals surface area contributed by atoms with Crippen molar-refractivity contribution in [3.63, 3.8) is 0 Å². The summed E-state index contributed by atoms with van der Waals surface area (Å²) in [4.78, 5) is 12.4. The third-order valence-corrected chi connectivity index (χ3v) is 3.90. The average molecular weight is 301 g/mol. The number of carbonyl (C=O) groups is 1. The number of methoxy groups -OCH3 is 1. The van der Waals surface area contributed by atoms with Crippen LogP contribution in [0, 0.1) is 0 Å². The fourth-order valence-corrected chi connectivity index (χ4v) is 2.75. The van der Waals surface area contributed by atoms with Crippen LogP contribution in [0.15, 0.2) is 18.2 Å². The molecule has 1 aromatic rings. The van der Waals surface area contributed by atoms with E-state index in [-0.39, 0.29) is 19.0 Å². The van der Waals surface area contributed by atoms with E-state index in [1.165, 1.54) is 0 Å². The molecule has 0 fully saturated rings. The quantitative estimate of drug-likeness (QED) is 0.840. The van der Waals surface area contributed by atoms with Gasteiger partial charge in [-0.15, -0.1) is 0 Å². The summed E-state index contributed by atoms with van der Waals surface area (Å²) in [7, 11) is 1.55. The van der Waals surface area contributed by atoms with Crippen LogP contribution in [0.4, 0.5) is 13.2 Å². The minimum atomic E-state index is -4.81. The molecule has 1 aromatic carbocycles. The summed E-state index contributed by atoms with van der Waals surface area (Å²) in [6.45, 7) is 2.10. The number of carbonyl (C=O) groups excluding carboxylic acids is 1. The van der Waals surface area contributed by atoms with Crippen LogP contribution >= 0.6 is 0 Å². The Balaban J connectivity index is 2.30. The maximum atomic E-state index is 12.6. The zero-order chi connectivity index (χ0) is 15.6. The lowest BCUT2D eigenvalue weighted by molar-refractivity contribution is -0.185. The molecule has 0 N–H and O–H groups in total. The topological polar surface area (TPSA) is 29.5 Å². The van der Waals surface area contributed by atoms with Gasteiger partial charge in [0.2, 0.25) is 0 Å². The third kappa shape index (κ3) is 3.31. The van der Waals surface area contributed by atoms with Crippen LogP contribution in [0.3, 0.4) is 0 Å². The van der Waals surface area contributed by atoms with Crippen molar-refractivity contribution < 1.29 is 22.7 Å². The molecule has 0 saturated heterocycles. The molecule has 1 aliphatic rings. The zero-order valence-corrected chi connectivity index (χ0v) is 12.0. The Bertz CT molecular complexity index is 528. The van der Waals surface area contributed by atoms with Crippen molar-refractivity contribution in [1.29, 1.82) is 0 Å². The highest BCUT2D eigenvalue weighted by atomic mass is 19.4. The number of alkyl halides is 3. The standard InChI is InChI=1S/C15H18F3NO2/c1-3-10-9-19(14(20)15(16,17)18)7-6-11-8-12(21-2)4-5-13(10)11/h4-5,8,10H,3,6-7,9H2,1-2H3. The number of ether oxygens (including phenoxy) is 1. The van der Waals surface area contributed by atoms with Crippen molar-refractivity contribution in [2.75, 3.05) is 20.2 Å². The molecule has 6 heteroatoms. The normalized spacial score (nSPS) is 18.9. The first kappa shape index (κ1) is 15.7. The average Bonchev–Trinajstić information content (AvgIpc) is 2.64. The summed E-state index contributed by atoms with van der Waals surface area (Å²) in [5.41, 5.74) is 1.97. The highest BCUT2D eigenvalue weighted by Gasteiger charge is 2.43. The van der Waals surface area contributed by atoms with Gasteiger partial charge in [-0.05, 0) is 36.1 Å². The summed E-state index contributed by atoms with van der Waals surface area (Å²) >= 11 is 0. The van der Waals surface area contributed by atoms with E-state index >= 15 is 0 Å². The van der Waals surface area contributed by atoms with E-state index in [9.17, 15) is 18.0 Å². The summed E-state index contributed by atoms with van der Waals surface area (Å²) in [5.74, 6) is -1.15. The Morgan fingerprint density at radius 3 is 2.71 bits per heavy atom. The summed E-state index contributed by atoms with van der Waals surface area (Å²) in [6, 6.07) is 5.55. The molecule has 116 valence electrons. The summed E-state index contributed by atoms with van der Waals surface area (Å²) < 4.78 is 43.1. The second-order valence-corrected chi connectivity index (χ2v) is 5.17. The summed E-state index contributed by atoms with van der Waals surface area (Å²) in [5, 5.41) is 0. The van der Waals surface area contributed by atoms with Crippen LogP contribution in [0.1, 0.15) is 30.4 Å². The lowest BCUT2D eigenvalue weighted by Gasteiger charge is -2.25. The van der Waals surface area contributed by atoms with Crippen molar-refractivity contribution in [2.45, 2.75) is 31.9 Å². The number of benzene rings is 1. The molecule has 0 bridgehead atoms. The Morgan fingerprint density at radius 1 is 1.43 bits per heavy atom. The van der Waals surface area contributed by atoms with Crippen LogP contribution in [0.5, 0.6) is 5.75 Å². The van der Waals surface area contributed by atoms with Crippen LogP contribution in [0.25, 0.3) is 0 Å². The van der Waals surface area contributed by atoms with Crippen molar-refractivity contribution in [3.05, 3.63) is 29.3 Å². The molecule has 21 heavy (non-hydrogen) atoms. The number of amides is 1. The van der Waals surface area contributed by atoms with Crippen LogP contribution in [-0.2, 0) is 11.2 Å². The van der Waals surface area contributed by atoms with Crippen LogP contribution in [0.2, 0.25) is 0 Å². The number of hydrogen-bond acceptors (Lipinski definition) is 2. The number of rotatable bonds is 2. The highest BCUT2D eigenvalue weighted by molar-refractivity contribution is 5.82. The smallest absolute Gasteiger partial charge is 0.471 e. The largest absolute Gasteiger partial charge is 0.497 e. The number of halogens is 3. The first-order chi connectivity index (χ1) is 9.86. The van der Waals surface area contributed by atoms with E-state index in [1.807, 2.05) is 25.1 Å². The molecular weight excluding hydrogens is 283 g/mol. The fraction of sp³-hybridized carbons (Fsp3) is 0.533. The van der Waals surface area contributed by atoms with Gasteiger partial charge >= 0.3 is 12.1 Å². The van der Waals surface area contributed by atoms with Gasteiger partial charge < -0.3 is 9.64 Å². The van der Waals surface area contributed by atoms with Gasteiger partial charge in [0, 0.05) is 19.0 Å². The van der Waals surface area contributed by atoms with E-state index < -0.39 is 12.1 Å². The Morgan fingerprint density at radius 2 is 2.14 bits per heavy atom. The molecule has 1 aliphatic heterocycles. The molecule has 1 atom stereocenters. The maximum absolute atomic E-state index is 12.6. The van der Waals surface area contributed by atoms with E-state index in [1.54, 1.807) is 7.11 Å². The van der Waals surface area contributed by atoms with Crippen molar-refractivity contribution in [2.24, 2.45) is 0 Å². The van der Waals surface area contributed by atoms with Crippen molar-refractivity contribution in [3.8, 4) is 5.75 Å². The van der Waals surface area contributed by atoms with E-state index in [2.05, 4.69) is 0 Å². The molecule has 0 aromatic heterocycles. The van der Waals surface area contributed by atoms with Gasteiger partial charge in [-0.1, -0.05) is 13.0 Å². The van der Waals surface area contributed by atoms with Gasteiger partial charge in [-0.3, -0.25) is 4.79 Å². The van der Waals surface area contributed by atoms with Crippen molar-refractivity contribution in [1.82, 2.24) is 4.90 Å². The molecule has 0 radical (unpaired) electrons. The maximum Gasteiger partial charge on any atom is 0.471 e. The predicted molar refractivity (Wildman–Crippen MR) is 72.4 cm³/mol. The van der Waals surface area contributed by atoms with E-state index in [4.69, 9.17) is 4.74 Å². The van der Waals surface area contributed by atoms with Crippen LogP contribution < -0.4 is 4.74 Å². The Kier molecular flexibility index (Phi) is 4.44. The molecular formula is C15H18F3NO2. The number of nitrogens with zero attached hydrogens (tertiary/aromatic N) is 1. The lowest BCUT2D eigenvalue weighted by atomic mass is 9.92. The number of fused-ring (bicyclic) bond motifs is 1. The first-order valence-electron chi connectivity index (χ1n) is 6.89. The van der Waals surface area contributed by atoms with Gasteiger partial charge in [0.1, 0.15) is 5.75 Å². The zero-order valence-electron chi connectivity index (χ0n) is 12.0. The highest BCUT2D eigenvalue weighted by Crippen LogP contribution is 2.32. The second kappa shape index (κ2) is 5.95. The van der Waals surface area contributed by atoms with Gasteiger partial charge in [0.25, 0.3) is 0 Å². The van der Waals surface area contributed by atoms with E-state index in [0.717, 1.165) is 16.0 Å². The van der Waals surface area contributed by atoms with Crippen molar-refractivity contribution >= 4 is 5.91 Å². The second-order valence-electron chi connectivity index (χ2n) is 5.17. The molecule has 3 nitrogen and oxygen atoms in total. The SMILES string of the molecule is CCC1CN(C(=O)C(F)(F)F)CCc2cc(OC)ccc21. The predicted octanol–water partition coefficient (Wildman–Crippen LogP) is 3.14. The lowest BCUT2D eigenvalue weighted by Crippen LogP contribution is -2.43. The molecule has 0 saturated carbocycles. The first-order valence-corrected chi connectivity index (χ1v) is 6.89. The van der Waals surface area contributed by atoms with Gasteiger partial charge in [0.05, 0.1) is 7.11 Å². The molecule has 2 rings (SSSR count). The molecule has 1 unspecified atom stereocenters. The monoisotopic (exact) mass is 301 g/mol. The van der Waals surface area contributed by atoms with Gasteiger partial charge in [0.15, 0.2) is 0 Å². The summed E-state index contributed by atoms with van der Waals surface area (Å²) in [6.07, 6.45) is -3.72. The fourth-order valence-electron chi connectivity index (χ4n) is 2.75. The Labute approximate surface area is 121 Å². The van der Waals surface area contributed by atoms with Gasteiger partial charge in [-0.2, -0.15) is 13.2 Å². The molecule has 1 heterocycles. The minimum Gasteiger partial charge on any atom is -0.497 e. The van der Waals surface area contributed by atoms with Gasteiger partial charge in [-0.25, -0.2) is 0 Å². The Hall–Kier alpha value is -1.72. The molecule has 0 aliphatic carbocycles. The number of hydrogen-bond donors (Lipinski definition) is 0.